The molecule has 0 aliphatic heterocycles. The fourth-order valence-electron chi connectivity index (χ4n) is 0.340. The number of hydrogen-bond acceptors (Lipinski definition) is 0. The van der Waals surface area contributed by atoms with Crippen LogP contribution >= 0.6 is 0 Å². The van der Waals surface area contributed by atoms with E-state index in [1.807, 2.05) is 12.2 Å². The van der Waals surface area contributed by atoms with Crippen LogP contribution in [0, 0.1) is 28.4 Å². The maximum Gasteiger partial charge on any atom is 4.00 e. The first kappa shape index (κ1) is 23.0. The molecule has 0 amide bonds. The minimum atomic E-state index is 0. The molecule has 1 rings (SSSR count). The van der Waals surface area contributed by atoms with E-state index in [4.69, 9.17) is 0 Å². The molecule has 1 aliphatic carbocycles. The molecule has 0 aromatic heterocycles. The third kappa shape index (κ3) is 11.6. The summed E-state index contributed by atoms with van der Waals surface area (Å²) in [5.74, 6) is 0. The van der Waals surface area contributed by atoms with Crippen molar-refractivity contribution in [2.75, 3.05) is 0 Å². The molecule has 1 heteroatoms. The van der Waals surface area contributed by atoms with Crippen LogP contribution in [0.3, 0.4) is 0 Å². The van der Waals surface area contributed by atoms with E-state index in [1.165, 1.54) is 0 Å². The summed E-state index contributed by atoms with van der Waals surface area (Å²) in [5, 5.41) is 0. The molecule has 51 valence electrons. The summed E-state index contributed by atoms with van der Waals surface area (Å²) in [6.07, 6.45) is 10.0. The van der Waals surface area contributed by atoms with E-state index in [1.54, 1.807) is 0 Å². The van der Waals surface area contributed by atoms with E-state index < -0.39 is 0 Å². The van der Waals surface area contributed by atoms with Crippen molar-refractivity contribution in [2.24, 2.45) is 0 Å². The molecular formula is C8H14V. The fraction of sp³-hybridized carbons (Fsp3) is 0.125. The second kappa shape index (κ2) is 15.7. The largest absolute Gasteiger partial charge is 4.00 e. The summed E-state index contributed by atoms with van der Waals surface area (Å²) in [4.78, 5) is 0. The molecule has 0 heterocycles. The normalized spacial score (nSPS) is 9.78. The van der Waals surface area contributed by atoms with Crippen LogP contribution in [0.2, 0.25) is 0 Å². The average molecular weight is 161 g/mol. The molecule has 0 saturated heterocycles. The first-order chi connectivity index (χ1) is 2.50. The fourth-order valence-corrected chi connectivity index (χ4v) is 0.340. The Bertz CT molecular complexity index is 62.6. The molecule has 0 aromatic carbocycles. The summed E-state index contributed by atoms with van der Waals surface area (Å²) in [6.45, 7) is 0. The third-order valence-corrected chi connectivity index (χ3v) is 0.586. The Kier molecular flexibility index (Phi) is 40.1. The Morgan fingerprint density at radius 3 is 1.78 bits per heavy atom. The van der Waals surface area contributed by atoms with Gasteiger partial charge in [-0.05, 0) is 0 Å². The maximum atomic E-state index is 2.99. The van der Waals surface area contributed by atoms with Crippen LogP contribution in [0.1, 0.15) is 6.42 Å². The molecule has 0 nitrogen and oxygen atoms in total. The molecule has 0 N–H and O–H groups in total. The minimum Gasteiger partial charge on any atom is -0.358 e. The van der Waals surface area contributed by atoms with Gasteiger partial charge >= 0.3 is 18.6 Å². The van der Waals surface area contributed by atoms with Crippen LogP contribution in [0.15, 0.2) is 18.2 Å². The summed E-state index contributed by atoms with van der Waals surface area (Å²) < 4.78 is 0. The second-order valence-corrected chi connectivity index (χ2v) is 1.00. The Hall–Kier alpha value is 0.0644. The van der Waals surface area contributed by atoms with Crippen LogP contribution in [0.25, 0.3) is 0 Å². The van der Waals surface area contributed by atoms with Crippen molar-refractivity contribution in [3.8, 4) is 0 Å². The van der Waals surface area contributed by atoms with Crippen molar-refractivity contribution >= 4 is 0 Å². The summed E-state index contributed by atoms with van der Waals surface area (Å²) >= 11 is 0. The number of allylic oxidation sites excluding steroid dienone is 4. The molecule has 1 radical (unpaired) electrons. The monoisotopic (exact) mass is 161 g/mol. The van der Waals surface area contributed by atoms with Gasteiger partial charge in [0.15, 0.2) is 0 Å². The van der Waals surface area contributed by atoms with Gasteiger partial charge in [-0.15, -0.1) is 6.42 Å². The summed E-state index contributed by atoms with van der Waals surface area (Å²) in [7, 11) is 0. The third-order valence-electron chi connectivity index (χ3n) is 0.586. The molecule has 9 heavy (non-hydrogen) atoms. The van der Waals surface area contributed by atoms with Crippen molar-refractivity contribution in [2.45, 2.75) is 6.42 Å². The minimum absolute atomic E-state index is 0. The van der Waals surface area contributed by atoms with Gasteiger partial charge in [0.25, 0.3) is 0 Å². The second-order valence-electron chi connectivity index (χ2n) is 1.00. The van der Waals surface area contributed by atoms with Crippen molar-refractivity contribution < 1.29 is 18.6 Å². The quantitative estimate of drug-likeness (QED) is 0.479. The van der Waals surface area contributed by atoms with Crippen molar-refractivity contribution in [3.63, 3.8) is 0 Å². The van der Waals surface area contributed by atoms with E-state index in [2.05, 4.69) is 12.2 Å². The van der Waals surface area contributed by atoms with Crippen LogP contribution in [-0.2, 0) is 18.6 Å². The molecule has 0 unspecified atom stereocenters. The zero-order chi connectivity index (χ0) is 3.54. The topological polar surface area (TPSA) is 0 Å². The van der Waals surface area contributed by atoms with E-state index in [0.717, 1.165) is 6.42 Å². The van der Waals surface area contributed by atoms with Gasteiger partial charge in [0.05, 0.1) is 0 Å². The van der Waals surface area contributed by atoms with E-state index in [9.17, 15) is 0 Å². The van der Waals surface area contributed by atoms with Crippen LogP contribution < -0.4 is 0 Å². The van der Waals surface area contributed by atoms with Gasteiger partial charge in [-0.25, -0.2) is 12.2 Å². The number of hydrogen-bond donors (Lipinski definition) is 0. The maximum absolute atomic E-state index is 2.99. The molecule has 1 aliphatic rings. The van der Waals surface area contributed by atoms with E-state index in [-0.39, 0.29) is 40.8 Å². The van der Waals surface area contributed by atoms with Gasteiger partial charge in [-0.1, -0.05) is 0 Å². The van der Waals surface area contributed by atoms with Crippen LogP contribution in [0.5, 0.6) is 0 Å². The van der Waals surface area contributed by atoms with Gasteiger partial charge in [-0.3, -0.25) is 6.08 Å². The molecule has 0 bridgehead atoms. The van der Waals surface area contributed by atoms with Crippen LogP contribution in [0.4, 0.5) is 0 Å². The Morgan fingerprint density at radius 2 is 1.67 bits per heavy atom. The van der Waals surface area contributed by atoms with Crippen molar-refractivity contribution in [1.82, 2.24) is 0 Å². The standard InChI is InChI=1S/C5H5.3CH3.V/c1-2-4-5-3-1;;;;/h1-3H,4H2;3*1H3;/q4*-1;+4. The zero-order valence-corrected chi connectivity index (χ0v) is 7.78. The molecule has 0 spiro atoms. The molecule has 0 saturated carbocycles. The molecule has 0 fully saturated rings. The zero-order valence-electron chi connectivity index (χ0n) is 6.39. The summed E-state index contributed by atoms with van der Waals surface area (Å²) in [5.41, 5.74) is 0. The predicted octanol–water partition coefficient (Wildman–Crippen LogP) is 2.65. The number of rotatable bonds is 0. The average Bonchev–Trinajstić information content (AvgIpc) is 1.76. The molecule has 0 atom stereocenters. The van der Waals surface area contributed by atoms with Gasteiger partial charge in [-0.2, -0.15) is 6.08 Å². The van der Waals surface area contributed by atoms with E-state index >= 15 is 0 Å². The smallest absolute Gasteiger partial charge is 0.358 e. The Labute approximate surface area is 71.9 Å². The van der Waals surface area contributed by atoms with E-state index in [0.29, 0.717) is 0 Å². The first-order valence-corrected chi connectivity index (χ1v) is 1.72. The van der Waals surface area contributed by atoms with Gasteiger partial charge in [0.1, 0.15) is 0 Å². The van der Waals surface area contributed by atoms with Gasteiger partial charge in [0, 0.05) is 0 Å². The van der Waals surface area contributed by atoms with Gasteiger partial charge < -0.3 is 22.3 Å². The first-order valence-electron chi connectivity index (χ1n) is 1.72. The molecular weight excluding hydrogens is 147 g/mol. The molecule has 0 aromatic rings. The SMILES string of the molecule is [C-]1=CC=CC1.[CH3-].[CH3-].[CH3-].[V+4]. The Balaban J connectivity index is -0.0000000312. The Morgan fingerprint density at radius 1 is 1.11 bits per heavy atom. The van der Waals surface area contributed by atoms with Crippen LogP contribution in [-0.4, -0.2) is 0 Å². The predicted molar refractivity (Wildman–Crippen MR) is 40.8 cm³/mol. The van der Waals surface area contributed by atoms with Crippen molar-refractivity contribution in [1.29, 1.82) is 0 Å². The summed E-state index contributed by atoms with van der Waals surface area (Å²) in [6, 6.07) is 0. The van der Waals surface area contributed by atoms with Crippen molar-refractivity contribution in [3.05, 3.63) is 46.6 Å². The van der Waals surface area contributed by atoms with Gasteiger partial charge in [0.2, 0.25) is 0 Å².